The number of para-hydroxylation sites is 1. The lowest BCUT2D eigenvalue weighted by Crippen LogP contribution is -2.56. The highest BCUT2D eigenvalue weighted by Gasteiger charge is 2.29. The maximum Gasteiger partial charge on any atom is 0.131 e. The Morgan fingerprint density at radius 1 is 1.07 bits per heavy atom. The van der Waals surface area contributed by atoms with Crippen LogP contribution in [0.4, 0.5) is 11.5 Å². The lowest BCUT2D eigenvalue weighted by atomic mass is 10.0. The highest BCUT2D eigenvalue weighted by molar-refractivity contribution is 8.24. The predicted octanol–water partition coefficient (Wildman–Crippen LogP) is 3.82. The van der Waals surface area contributed by atoms with Crippen molar-refractivity contribution in [2.24, 2.45) is 5.73 Å². The normalized spacial score (nSPS) is 20.1. The number of pyridine rings is 1. The molecule has 7 heteroatoms. The van der Waals surface area contributed by atoms with Gasteiger partial charge in [-0.15, -0.1) is 0 Å². The molecule has 0 amide bonds. The van der Waals surface area contributed by atoms with Crippen molar-refractivity contribution in [3.05, 3.63) is 59.7 Å². The van der Waals surface area contributed by atoms with E-state index in [9.17, 15) is 9.11 Å². The van der Waals surface area contributed by atoms with Crippen molar-refractivity contribution >= 4 is 33.0 Å². The van der Waals surface area contributed by atoms with Crippen LogP contribution in [-0.2, 0) is 6.54 Å². The first-order valence-corrected chi connectivity index (χ1v) is 11.6. The van der Waals surface area contributed by atoms with Crippen LogP contribution in [0, 0.1) is 6.92 Å². The van der Waals surface area contributed by atoms with Crippen molar-refractivity contribution in [3.8, 4) is 0 Å². The first-order chi connectivity index (χ1) is 13.9. The summed E-state index contributed by atoms with van der Waals surface area (Å²) in [6.07, 6.45) is 0. The van der Waals surface area contributed by atoms with Crippen LogP contribution in [0.2, 0.25) is 0 Å². The summed E-state index contributed by atoms with van der Waals surface area (Å²) in [6.45, 7) is 4.92. The van der Waals surface area contributed by atoms with Crippen molar-refractivity contribution < 1.29 is 9.11 Å². The number of aryl methyl sites for hydroxylation is 1. The summed E-state index contributed by atoms with van der Waals surface area (Å²) in [7, 11) is -2.79. The first kappa shape index (κ1) is 18.7. The Bertz CT molecular complexity index is 1080. The van der Waals surface area contributed by atoms with Gasteiger partial charge in [0.15, 0.2) is 0 Å². The zero-order valence-electron chi connectivity index (χ0n) is 16.5. The molecule has 152 valence electrons. The molecule has 0 atom stereocenters. The van der Waals surface area contributed by atoms with Gasteiger partial charge in [-0.25, -0.2) is 4.98 Å². The molecule has 4 N–H and O–H groups in total. The van der Waals surface area contributed by atoms with E-state index in [1.807, 2.05) is 24.3 Å². The predicted molar refractivity (Wildman–Crippen MR) is 120 cm³/mol. The van der Waals surface area contributed by atoms with Crippen LogP contribution < -0.4 is 15.5 Å². The summed E-state index contributed by atoms with van der Waals surface area (Å²) in [6, 6.07) is 16.2. The topological polar surface area (TPSA) is 85.9 Å². The summed E-state index contributed by atoms with van der Waals surface area (Å²) in [5, 5.41) is 1.14. The van der Waals surface area contributed by atoms with Crippen molar-refractivity contribution in [2.75, 3.05) is 35.2 Å². The van der Waals surface area contributed by atoms with Gasteiger partial charge in [-0.05, 0) is 24.1 Å². The minimum atomic E-state index is -2.79. The Kier molecular flexibility index (Phi) is 4.43. The number of nitrogens with two attached hydrogens (primary N) is 1. The summed E-state index contributed by atoms with van der Waals surface area (Å²) < 4.78 is 21.4. The highest BCUT2D eigenvalue weighted by atomic mass is 32.3. The van der Waals surface area contributed by atoms with E-state index >= 15 is 0 Å². The number of fused-ring (bicyclic) bond motifs is 2. The molecule has 2 aliphatic rings. The largest absolute Gasteiger partial charge is 0.368 e. The zero-order chi connectivity index (χ0) is 20.2. The van der Waals surface area contributed by atoms with Crippen LogP contribution in [0.15, 0.2) is 53.4 Å². The molecule has 0 unspecified atom stereocenters. The minimum absolute atomic E-state index is 0.213. The first-order valence-electron chi connectivity index (χ1n) is 9.92. The van der Waals surface area contributed by atoms with Crippen molar-refractivity contribution in [2.45, 2.75) is 24.4 Å². The lowest BCUT2D eigenvalue weighted by molar-refractivity contribution is 0.488. The molecular formula is C22H26N4O2S. The molecular weight excluding hydrogens is 384 g/mol. The van der Waals surface area contributed by atoms with E-state index in [1.54, 1.807) is 0 Å². The lowest BCUT2D eigenvalue weighted by Gasteiger charge is -2.40. The smallest absolute Gasteiger partial charge is 0.131 e. The van der Waals surface area contributed by atoms with E-state index in [2.05, 4.69) is 41.0 Å². The van der Waals surface area contributed by atoms with E-state index < -0.39 is 10.6 Å². The summed E-state index contributed by atoms with van der Waals surface area (Å²) in [4.78, 5) is 10.1. The molecule has 0 radical (unpaired) electrons. The summed E-state index contributed by atoms with van der Waals surface area (Å²) in [5.74, 6) is 1.18. The second-order valence-corrected chi connectivity index (χ2v) is 10.2. The Morgan fingerprint density at radius 2 is 1.86 bits per heavy atom. The standard InChI is InChI=1S/C22H26N4O2S/c1-15-5-4-7-18-19(26-13-17(23)14-26)11-21(24-22(15)18)25-9-10-29(27,28)20-8-3-2-6-16(20)12-25/h2-8,11,17,27-28H,9-10,12-14,23H2,1H3. The van der Waals surface area contributed by atoms with Gasteiger partial charge >= 0.3 is 0 Å². The molecule has 1 fully saturated rings. The van der Waals surface area contributed by atoms with Gasteiger partial charge in [0, 0.05) is 49.4 Å². The molecule has 0 bridgehead atoms. The third kappa shape index (κ3) is 3.24. The van der Waals surface area contributed by atoms with E-state index in [0.717, 1.165) is 46.6 Å². The average Bonchev–Trinajstić information content (AvgIpc) is 2.82. The maximum atomic E-state index is 10.7. The molecule has 0 saturated carbocycles. The average molecular weight is 411 g/mol. The maximum absolute atomic E-state index is 10.7. The molecule has 2 aliphatic heterocycles. The third-order valence-corrected chi connectivity index (χ3v) is 7.77. The van der Waals surface area contributed by atoms with E-state index in [0.29, 0.717) is 23.7 Å². The Morgan fingerprint density at radius 3 is 2.66 bits per heavy atom. The molecule has 3 heterocycles. The van der Waals surface area contributed by atoms with Crippen LogP contribution in [0.25, 0.3) is 10.9 Å². The second kappa shape index (κ2) is 6.88. The molecule has 6 nitrogen and oxygen atoms in total. The van der Waals surface area contributed by atoms with Gasteiger partial charge in [0.1, 0.15) is 5.82 Å². The van der Waals surface area contributed by atoms with Crippen LogP contribution in [-0.4, -0.2) is 45.5 Å². The number of hydrogen-bond acceptors (Lipinski definition) is 6. The van der Waals surface area contributed by atoms with E-state index in [1.165, 1.54) is 0 Å². The van der Waals surface area contributed by atoms with Gasteiger partial charge in [-0.2, -0.15) is 10.6 Å². The van der Waals surface area contributed by atoms with Gasteiger partial charge in [0.25, 0.3) is 0 Å². The number of nitrogens with zero attached hydrogens (tertiary/aromatic N) is 3. The van der Waals surface area contributed by atoms with Gasteiger partial charge in [-0.1, -0.05) is 36.4 Å². The van der Waals surface area contributed by atoms with Crippen LogP contribution in [0.5, 0.6) is 0 Å². The fraction of sp³-hybridized carbons (Fsp3) is 0.318. The monoisotopic (exact) mass is 410 g/mol. The SMILES string of the molecule is Cc1cccc2c(N3CC(N)C3)cc(N3CCS(O)(O)c4ccccc4C3)nc12. The molecule has 2 aromatic carbocycles. The number of anilines is 2. The van der Waals surface area contributed by atoms with Crippen LogP contribution >= 0.6 is 10.6 Å². The number of hydrogen-bond donors (Lipinski definition) is 3. The fourth-order valence-corrected chi connectivity index (χ4v) is 5.82. The van der Waals surface area contributed by atoms with Gasteiger partial charge < -0.3 is 15.5 Å². The molecule has 1 aromatic heterocycles. The number of rotatable bonds is 2. The Balaban J connectivity index is 1.61. The van der Waals surface area contributed by atoms with Crippen molar-refractivity contribution in [1.82, 2.24) is 4.98 Å². The number of benzene rings is 2. The molecule has 0 aliphatic carbocycles. The number of aromatic nitrogens is 1. The summed E-state index contributed by atoms with van der Waals surface area (Å²) >= 11 is 0. The highest BCUT2D eigenvalue weighted by Crippen LogP contribution is 2.51. The molecule has 5 rings (SSSR count). The Labute approximate surface area is 172 Å². The van der Waals surface area contributed by atoms with E-state index in [-0.39, 0.29) is 6.04 Å². The minimum Gasteiger partial charge on any atom is -0.368 e. The van der Waals surface area contributed by atoms with Crippen molar-refractivity contribution in [3.63, 3.8) is 0 Å². The zero-order valence-corrected chi connectivity index (χ0v) is 17.3. The summed E-state index contributed by atoms with van der Waals surface area (Å²) in [5.41, 5.74) is 10.3. The quantitative estimate of drug-likeness (QED) is 0.595. The van der Waals surface area contributed by atoms with Crippen molar-refractivity contribution in [1.29, 1.82) is 0 Å². The van der Waals surface area contributed by atoms with Gasteiger partial charge in [0.05, 0.1) is 16.2 Å². The van der Waals surface area contributed by atoms with E-state index in [4.69, 9.17) is 10.7 Å². The molecule has 29 heavy (non-hydrogen) atoms. The fourth-order valence-electron chi connectivity index (χ4n) is 4.27. The van der Waals surface area contributed by atoms with Gasteiger partial charge in [0.2, 0.25) is 0 Å². The molecule has 3 aromatic rings. The van der Waals surface area contributed by atoms with Crippen LogP contribution in [0.3, 0.4) is 0 Å². The second-order valence-electron chi connectivity index (χ2n) is 8.04. The van der Waals surface area contributed by atoms with Crippen LogP contribution in [0.1, 0.15) is 11.1 Å². The Hall–Kier alpha value is -2.32. The third-order valence-electron chi connectivity index (χ3n) is 5.91. The van der Waals surface area contributed by atoms with Gasteiger partial charge in [-0.3, -0.25) is 9.11 Å². The molecule has 1 saturated heterocycles. The molecule has 0 spiro atoms.